The molecular formula is C12H11Cl3N2O4. The van der Waals surface area contributed by atoms with Crippen LogP contribution in [0.4, 0.5) is 0 Å². The number of rotatable bonds is 5. The number of ether oxygens (including phenoxy) is 1. The van der Waals surface area contributed by atoms with Gasteiger partial charge in [-0.2, -0.15) is 0 Å². The van der Waals surface area contributed by atoms with Crippen molar-refractivity contribution in [3.05, 3.63) is 32.8 Å². The highest BCUT2D eigenvalue weighted by Crippen LogP contribution is 2.31. The molecule has 0 aliphatic carbocycles. The Kier molecular flexibility index (Phi) is 6.74. The molecule has 0 atom stereocenters. The average molecular weight is 354 g/mol. The molecule has 0 heterocycles. The molecule has 0 saturated heterocycles. The van der Waals surface area contributed by atoms with E-state index in [2.05, 4.69) is 10.6 Å². The number of nitrogens with one attached hydrogen (secondary N) is 2. The van der Waals surface area contributed by atoms with Crippen LogP contribution in [0.1, 0.15) is 10.4 Å². The third-order valence-electron chi connectivity index (χ3n) is 2.31. The quantitative estimate of drug-likeness (QED) is 0.623. The summed E-state index contributed by atoms with van der Waals surface area (Å²) in [5.74, 6) is -1.90. The van der Waals surface area contributed by atoms with E-state index in [0.29, 0.717) is 0 Å². The maximum absolute atomic E-state index is 11.8. The summed E-state index contributed by atoms with van der Waals surface area (Å²) in [7, 11) is 1.43. The van der Waals surface area contributed by atoms with E-state index in [0.717, 1.165) is 0 Å². The Labute approximate surface area is 135 Å². The molecule has 0 bridgehead atoms. The van der Waals surface area contributed by atoms with Gasteiger partial charge >= 0.3 is 5.97 Å². The lowest BCUT2D eigenvalue weighted by atomic mass is 10.2. The van der Waals surface area contributed by atoms with E-state index < -0.39 is 18.5 Å². The maximum atomic E-state index is 11.8. The number of carbonyl (C=O) groups is 3. The van der Waals surface area contributed by atoms with Crippen LogP contribution in [0.25, 0.3) is 0 Å². The van der Waals surface area contributed by atoms with Crippen molar-refractivity contribution in [1.82, 2.24) is 10.6 Å². The first-order valence-electron chi connectivity index (χ1n) is 5.64. The van der Waals surface area contributed by atoms with E-state index in [-0.39, 0.29) is 33.1 Å². The van der Waals surface area contributed by atoms with Crippen LogP contribution in [0, 0.1) is 0 Å². The third-order valence-corrected chi connectivity index (χ3v) is 3.43. The second kappa shape index (κ2) is 8.07. The molecule has 6 nitrogen and oxygen atoms in total. The molecule has 21 heavy (non-hydrogen) atoms. The fourth-order valence-corrected chi connectivity index (χ4v) is 1.92. The van der Waals surface area contributed by atoms with Gasteiger partial charge in [0.05, 0.1) is 27.2 Å². The SMILES string of the molecule is CNC(=O)CNC(=O)COC(=O)c1c(Cl)ccc(Cl)c1Cl. The van der Waals surface area contributed by atoms with Crippen LogP contribution in [0.5, 0.6) is 0 Å². The molecule has 2 N–H and O–H groups in total. The number of benzene rings is 1. The second-order valence-corrected chi connectivity index (χ2v) is 4.94. The lowest BCUT2D eigenvalue weighted by Gasteiger charge is -2.09. The Bertz CT molecular complexity index is 578. The van der Waals surface area contributed by atoms with Crippen molar-refractivity contribution in [2.75, 3.05) is 20.2 Å². The van der Waals surface area contributed by atoms with Crippen molar-refractivity contribution in [3.8, 4) is 0 Å². The van der Waals surface area contributed by atoms with Crippen LogP contribution >= 0.6 is 34.8 Å². The molecule has 1 rings (SSSR count). The summed E-state index contributed by atoms with van der Waals surface area (Å²) in [5, 5.41) is 4.72. The van der Waals surface area contributed by atoms with Crippen molar-refractivity contribution in [3.63, 3.8) is 0 Å². The highest BCUT2D eigenvalue weighted by atomic mass is 35.5. The molecule has 114 valence electrons. The van der Waals surface area contributed by atoms with E-state index in [1.807, 2.05) is 0 Å². The number of halogens is 3. The normalized spacial score (nSPS) is 9.90. The van der Waals surface area contributed by atoms with Crippen molar-refractivity contribution in [2.45, 2.75) is 0 Å². The summed E-state index contributed by atoms with van der Waals surface area (Å²) in [6, 6.07) is 2.82. The minimum atomic E-state index is -0.886. The van der Waals surface area contributed by atoms with Gasteiger partial charge in [-0.3, -0.25) is 9.59 Å². The van der Waals surface area contributed by atoms with Gasteiger partial charge in [0.15, 0.2) is 6.61 Å². The molecule has 0 spiro atoms. The largest absolute Gasteiger partial charge is 0.452 e. The first-order chi connectivity index (χ1) is 9.86. The summed E-state index contributed by atoms with van der Waals surface area (Å²) >= 11 is 17.5. The molecule has 0 unspecified atom stereocenters. The van der Waals surface area contributed by atoms with Crippen LogP contribution < -0.4 is 10.6 Å². The Morgan fingerprint density at radius 1 is 1.10 bits per heavy atom. The summed E-state index contributed by atoms with van der Waals surface area (Å²) in [6.07, 6.45) is 0. The van der Waals surface area contributed by atoms with E-state index in [1.165, 1.54) is 19.2 Å². The summed E-state index contributed by atoms with van der Waals surface area (Å²) in [4.78, 5) is 34.1. The van der Waals surface area contributed by atoms with Gasteiger partial charge < -0.3 is 15.4 Å². The third kappa shape index (κ3) is 5.08. The highest BCUT2D eigenvalue weighted by molar-refractivity contribution is 6.46. The van der Waals surface area contributed by atoms with Gasteiger partial charge in [-0.1, -0.05) is 34.8 Å². The summed E-state index contributed by atoms with van der Waals surface area (Å²) in [5.41, 5.74) is -0.120. The summed E-state index contributed by atoms with van der Waals surface area (Å²) in [6.45, 7) is -0.791. The molecule has 1 aromatic carbocycles. The van der Waals surface area contributed by atoms with Crippen LogP contribution in [-0.2, 0) is 14.3 Å². The minimum absolute atomic E-state index is 0.0556. The molecule has 0 fully saturated rings. The van der Waals surface area contributed by atoms with Gasteiger partial charge in [-0.15, -0.1) is 0 Å². The van der Waals surface area contributed by atoms with Crippen molar-refractivity contribution < 1.29 is 19.1 Å². The van der Waals surface area contributed by atoms with E-state index in [9.17, 15) is 14.4 Å². The predicted octanol–water partition coefficient (Wildman–Crippen LogP) is 1.67. The molecular weight excluding hydrogens is 343 g/mol. The number of likely N-dealkylation sites (N-methyl/N-ethyl adjacent to an activating group) is 1. The van der Waals surface area contributed by atoms with Gasteiger partial charge in [-0.05, 0) is 12.1 Å². The maximum Gasteiger partial charge on any atom is 0.341 e. The van der Waals surface area contributed by atoms with Gasteiger partial charge in [-0.25, -0.2) is 4.79 Å². The number of carbonyl (C=O) groups excluding carboxylic acids is 3. The lowest BCUT2D eigenvalue weighted by Crippen LogP contribution is -2.37. The lowest BCUT2D eigenvalue weighted by molar-refractivity contribution is -0.127. The molecule has 0 saturated carbocycles. The molecule has 9 heteroatoms. The smallest absolute Gasteiger partial charge is 0.341 e. The second-order valence-electron chi connectivity index (χ2n) is 3.74. The predicted molar refractivity (Wildman–Crippen MR) is 78.8 cm³/mol. The average Bonchev–Trinajstić information content (AvgIpc) is 2.46. The number of hydrogen-bond acceptors (Lipinski definition) is 4. The number of amides is 2. The van der Waals surface area contributed by atoms with Crippen LogP contribution in [0.2, 0.25) is 15.1 Å². The van der Waals surface area contributed by atoms with E-state index in [1.54, 1.807) is 0 Å². The van der Waals surface area contributed by atoms with Crippen molar-refractivity contribution in [1.29, 1.82) is 0 Å². The van der Waals surface area contributed by atoms with Gasteiger partial charge in [0.25, 0.3) is 5.91 Å². The molecule has 0 aliphatic rings. The zero-order valence-electron chi connectivity index (χ0n) is 10.8. The fourth-order valence-electron chi connectivity index (χ4n) is 1.24. The molecule has 2 amide bonds. The van der Waals surface area contributed by atoms with Crippen LogP contribution in [0.15, 0.2) is 12.1 Å². The van der Waals surface area contributed by atoms with Gasteiger partial charge in [0.1, 0.15) is 0 Å². The van der Waals surface area contributed by atoms with Crippen LogP contribution in [-0.4, -0.2) is 38.0 Å². The zero-order valence-corrected chi connectivity index (χ0v) is 13.1. The number of hydrogen-bond donors (Lipinski definition) is 2. The fraction of sp³-hybridized carbons (Fsp3) is 0.250. The minimum Gasteiger partial charge on any atom is -0.452 e. The monoisotopic (exact) mass is 352 g/mol. The standard InChI is InChI=1S/C12H11Cl3N2O4/c1-16-8(18)4-17-9(19)5-21-12(20)10-6(13)2-3-7(14)11(10)15/h2-3H,4-5H2,1H3,(H,16,18)(H,17,19). The molecule has 0 aliphatic heterocycles. The Balaban J connectivity index is 2.61. The Morgan fingerprint density at radius 2 is 1.71 bits per heavy atom. The molecule has 1 aromatic rings. The van der Waals surface area contributed by atoms with Gasteiger partial charge in [0, 0.05) is 7.05 Å². The van der Waals surface area contributed by atoms with Crippen LogP contribution in [0.3, 0.4) is 0 Å². The van der Waals surface area contributed by atoms with E-state index in [4.69, 9.17) is 39.5 Å². The topological polar surface area (TPSA) is 84.5 Å². The first-order valence-corrected chi connectivity index (χ1v) is 6.78. The number of esters is 1. The Hall–Kier alpha value is -1.50. The molecule has 0 aromatic heterocycles. The Morgan fingerprint density at radius 3 is 2.33 bits per heavy atom. The van der Waals surface area contributed by atoms with Gasteiger partial charge in [0.2, 0.25) is 5.91 Å². The first kappa shape index (κ1) is 17.6. The zero-order chi connectivity index (χ0) is 16.0. The van der Waals surface area contributed by atoms with Crippen molar-refractivity contribution >= 4 is 52.6 Å². The molecule has 0 radical (unpaired) electrons. The van der Waals surface area contributed by atoms with E-state index >= 15 is 0 Å². The summed E-state index contributed by atoms with van der Waals surface area (Å²) < 4.78 is 4.76. The highest BCUT2D eigenvalue weighted by Gasteiger charge is 2.19. The van der Waals surface area contributed by atoms with Crippen molar-refractivity contribution in [2.24, 2.45) is 0 Å².